The molecule has 0 aromatic heterocycles. The van der Waals surface area contributed by atoms with E-state index in [-0.39, 0.29) is 11.9 Å². The van der Waals surface area contributed by atoms with Gasteiger partial charge in [0.15, 0.2) is 0 Å². The van der Waals surface area contributed by atoms with Gasteiger partial charge < -0.3 is 10.1 Å². The molecule has 0 spiro atoms. The number of hydrogen-bond donors (Lipinski definition) is 1. The normalized spacial score (nSPS) is 29.3. The van der Waals surface area contributed by atoms with Crippen LogP contribution in [0.1, 0.15) is 25.7 Å². The first-order valence-corrected chi connectivity index (χ1v) is 5.83. The van der Waals surface area contributed by atoms with Gasteiger partial charge in [-0.2, -0.15) is 0 Å². The molecular weight excluding hydrogens is 205 g/mol. The topological polar surface area (TPSA) is 21.3 Å². The van der Waals surface area contributed by atoms with Gasteiger partial charge in [-0.3, -0.25) is 0 Å². The van der Waals surface area contributed by atoms with Gasteiger partial charge in [-0.05, 0) is 31.4 Å². The summed E-state index contributed by atoms with van der Waals surface area (Å²) in [5.41, 5.74) is 0. The summed E-state index contributed by atoms with van der Waals surface area (Å²) >= 11 is 0. The highest BCUT2D eigenvalue weighted by Crippen LogP contribution is 2.33. The third kappa shape index (κ3) is 2.05. The number of piperidine rings is 1. The number of halogens is 1. The van der Waals surface area contributed by atoms with Crippen molar-refractivity contribution in [3.05, 3.63) is 36.1 Å². The quantitative estimate of drug-likeness (QED) is 0.827. The fraction of sp³-hybridized carbons (Fsp3) is 0.462. The van der Waals surface area contributed by atoms with E-state index in [0.717, 1.165) is 12.8 Å². The van der Waals surface area contributed by atoms with E-state index < -0.39 is 0 Å². The van der Waals surface area contributed by atoms with Crippen LogP contribution in [0, 0.1) is 11.9 Å². The summed E-state index contributed by atoms with van der Waals surface area (Å²) < 4.78 is 18.8. The van der Waals surface area contributed by atoms with Gasteiger partial charge in [-0.15, -0.1) is 0 Å². The molecule has 2 saturated heterocycles. The van der Waals surface area contributed by atoms with E-state index in [0.29, 0.717) is 11.8 Å². The van der Waals surface area contributed by atoms with Crippen LogP contribution in [-0.4, -0.2) is 12.1 Å². The molecule has 2 bridgehead atoms. The molecule has 0 saturated carbocycles. The molecule has 1 aromatic carbocycles. The Morgan fingerprint density at radius 3 is 3.12 bits per heavy atom. The van der Waals surface area contributed by atoms with Crippen molar-refractivity contribution >= 4 is 0 Å². The molecule has 2 aliphatic rings. The fourth-order valence-corrected chi connectivity index (χ4v) is 2.62. The first-order chi connectivity index (χ1) is 7.79. The Hall–Kier alpha value is -1.09. The molecule has 2 atom stereocenters. The number of fused-ring (bicyclic) bond motifs is 2. The average Bonchev–Trinajstić information content (AvgIpc) is 2.58. The Kier molecular flexibility index (Phi) is 2.56. The van der Waals surface area contributed by atoms with E-state index in [1.165, 1.54) is 31.0 Å². The van der Waals surface area contributed by atoms with Crippen molar-refractivity contribution in [2.24, 2.45) is 0 Å². The van der Waals surface area contributed by atoms with Gasteiger partial charge in [-0.25, -0.2) is 4.39 Å². The van der Waals surface area contributed by atoms with E-state index in [2.05, 4.69) is 5.32 Å². The molecule has 1 N–H and O–H groups in total. The molecule has 1 aromatic rings. The first kappa shape index (κ1) is 10.1. The van der Waals surface area contributed by atoms with E-state index in [4.69, 9.17) is 4.74 Å². The molecule has 16 heavy (non-hydrogen) atoms. The molecule has 0 aliphatic carbocycles. The highest BCUT2D eigenvalue weighted by atomic mass is 19.1. The smallest absolute Gasteiger partial charge is 0.126 e. The van der Waals surface area contributed by atoms with E-state index in [9.17, 15) is 4.39 Å². The summed E-state index contributed by atoms with van der Waals surface area (Å²) in [6, 6.07) is 8.37. The van der Waals surface area contributed by atoms with Gasteiger partial charge in [0.25, 0.3) is 0 Å². The summed E-state index contributed by atoms with van der Waals surface area (Å²) in [4.78, 5) is 0. The molecule has 2 heterocycles. The highest BCUT2D eigenvalue weighted by Gasteiger charge is 2.35. The lowest BCUT2D eigenvalue weighted by atomic mass is 10.0. The van der Waals surface area contributed by atoms with Gasteiger partial charge >= 0.3 is 0 Å². The van der Waals surface area contributed by atoms with Gasteiger partial charge in [0.05, 0.1) is 0 Å². The molecule has 3 rings (SSSR count). The molecule has 0 amide bonds. The summed E-state index contributed by atoms with van der Waals surface area (Å²) in [6.07, 6.45) is 4.60. The van der Waals surface area contributed by atoms with Crippen molar-refractivity contribution in [3.8, 4) is 5.75 Å². The number of hydrogen-bond acceptors (Lipinski definition) is 2. The molecule has 2 nitrogen and oxygen atoms in total. The number of benzene rings is 1. The van der Waals surface area contributed by atoms with Gasteiger partial charge in [-0.1, -0.05) is 6.07 Å². The number of ether oxygens (including phenoxy) is 1. The van der Waals surface area contributed by atoms with Crippen molar-refractivity contribution in [1.29, 1.82) is 0 Å². The molecule has 2 unspecified atom stereocenters. The van der Waals surface area contributed by atoms with E-state index in [1.807, 2.05) is 6.07 Å². The van der Waals surface area contributed by atoms with Crippen LogP contribution in [-0.2, 0) is 0 Å². The summed E-state index contributed by atoms with van der Waals surface area (Å²) in [6.45, 7) is 0. The first-order valence-electron chi connectivity index (χ1n) is 5.83. The Morgan fingerprint density at radius 1 is 1.38 bits per heavy atom. The van der Waals surface area contributed by atoms with Crippen LogP contribution < -0.4 is 10.1 Å². The monoisotopic (exact) mass is 220 g/mol. The molecule has 2 aliphatic heterocycles. The van der Waals surface area contributed by atoms with Gasteiger partial charge in [0.1, 0.15) is 17.7 Å². The predicted octanol–water partition coefficient (Wildman–Crippen LogP) is 2.65. The Bertz CT molecular complexity index is 370. The number of rotatable bonds is 2. The van der Waals surface area contributed by atoms with E-state index >= 15 is 0 Å². The lowest BCUT2D eigenvalue weighted by Crippen LogP contribution is -2.38. The summed E-state index contributed by atoms with van der Waals surface area (Å²) in [5.74, 6) is 0.411. The highest BCUT2D eigenvalue weighted by molar-refractivity contribution is 5.23. The molecular formula is C13H15FNO. The maximum Gasteiger partial charge on any atom is 0.126 e. The van der Waals surface area contributed by atoms with Crippen LogP contribution in [0.2, 0.25) is 0 Å². The molecule has 1 radical (unpaired) electrons. The van der Waals surface area contributed by atoms with Gasteiger partial charge in [0, 0.05) is 24.6 Å². The minimum atomic E-state index is -0.234. The lowest BCUT2D eigenvalue weighted by Gasteiger charge is -2.29. The lowest BCUT2D eigenvalue weighted by molar-refractivity contribution is 0.155. The SMILES string of the molecule is Fc1cccc(OC2C[C]3CCC(C2)N3)c1. The predicted molar refractivity (Wildman–Crippen MR) is 59.5 cm³/mol. The second-order valence-corrected chi connectivity index (χ2v) is 4.62. The van der Waals surface area contributed by atoms with Gasteiger partial charge in [0.2, 0.25) is 0 Å². The zero-order valence-corrected chi connectivity index (χ0v) is 9.08. The van der Waals surface area contributed by atoms with Crippen molar-refractivity contribution < 1.29 is 9.13 Å². The molecule has 85 valence electrons. The Morgan fingerprint density at radius 2 is 2.31 bits per heavy atom. The van der Waals surface area contributed by atoms with Crippen LogP contribution >= 0.6 is 0 Å². The fourth-order valence-electron chi connectivity index (χ4n) is 2.62. The van der Waals surface area contributed by atoms with Crippen LogP contribution in [0.5, 0.6) is 5.75 Å². The van der Waals surface area contributed by atoms with Crippen molar-refractivity contribution in [2.75, 3.05) is 0 Å². The van der Waals surface area contributed by atoms with Crippen molar-refractivity contribution in [3.63, 3.8) is 0 Å². The zero-order chi connectivity index (χ0) is 11.0. The maximum absolute atomic E-state index is 13.0. The standard InChI is InChI=1S/C13H15FNO/c14-9-2-1-3-12(6-9)16-13-7-10-4-5-11(8-13)15-10/h1-3,6,10,13,15H,4-5,7-8H2. The minimum Gasteiger partial charge on any atom is -0.490 e. The van der Waals surface area contributed by atoms with Crippen LogP contribution in [0.3, 0.4) is 0 Å². The second kappa shape index (κ2) is 4.06. The largest absolute Gasteiger partial charge is 0.490 e. The zero-order valence-electron chi connectivity index (χ0n) is 9.08. The van der Waals surface area contributed by atoms with Crippen LogP contribution in [0.4, 0.5) is 4.39 Å². The Labute approximate surface area is 94.8 Å². The van der Waals surface area contributed by atoms with Crippen molar-refractivity contribution in [1.82, 2.24) is 5.32 Å². The summed E-state index contributed by atoms with van der Waals surface area (Å²) in [5, 5.41) is 3.48. The van der Waals surface area contributed by atoms with Crippen LogP contribution in [0.25, 0.3) is 0 Å². The third-order valence-electron chi connectivity index (χ3n) is 3.32. The number of nitrogens with one attached hydrogen (secondary N) is 1. The summed E-state index contributed by atoms with van der Waals surface area (Å²) in [7, 11) is 0. The van der Waals surface area contributed by atoms with E-state index in [1.54, 1.807) is 6.07 Å². The average molecular weight is 220 g/mol. The maximum atomic E-state index is 13.0. The minimum absolute atomic E-state index is 0.213. The van der Waals surface area contributed by atoms with Crippen molar-refractivity contribution in [2.45, 2.75) is 37.8 Å². The second-order valence-electron chi connectivity index (χ2n) is 4.62. The third-order valence-corrected chi connectivity index (χ3v) is 3.32. The van der Waals surface area contributed by atoms with Crippen LogP contribution in [0.15, 0.2) is 24.3 Å². The molecule has 3 heteroatoms. The Balaban J connectivity index is 1.67. The molecule has 2 fully saturated rings.